The summed E-state index contributed by atoms with van der Waals surface area (Å²) in [5.74, 6) is -1.39. The van der Waals surface area contributed by atoms with Crippen molar-refractivity contribution in [2.75, 3.05) is 5.32 Å². The normalized spacial score (nSPS) is 17.0. The second-order valence-corrected chi connectivity index (χ2v) is 3.52. The maximum absolute atomic E-state index is 12.8. The lowest BCUT2D eigenvalue weighted by atomic mass is 10.2. The summed E-state index contributed by atoms with van der Waals surface area (Å²) in [6, 6.07) is 2.88. The van der Waals surface area contributed by atoms with E-state index in [1.54, 1.807) is 0 Å². The van der Waals surface area contributed by atoms with Crippen LogP contribution in [0, 0.1) is 0 Å². The van der Waals surface area contributed by atoms with Crippen LogP contribution in [0.1, 0.15) is 0 Å². The van der Waals surface area contributed by atoms with Gasteiger partial charge in [0.05, 0.1) is 0 Å². The van der Waals surface area contributed by atoms with Crippen molar-refractivity contribution < 1.29 is 28.2 Å². The lowest BCUT2D eigenvalue weighted by Crippen LogP contribution is -2.26. The number of carboxylic acid groups (broad SMARTS) is 1. The summed E-state index contributed by atoms with van der Waals surface area (Å²) in [6.45, 7) is 3.35. The third-order valence-electron chi connectivity index (χ3n) is 2.23. The van der Waals surface area contributed by atoms with E-state index in [4.69, 9.17) is 5.11 Å². The average Bonchev–Trinajstić information content (AvgIpc) is 2.58. The van der Waals surface area contributed by atoms with E-state index in [0.717, 1.165) is 0 Å². The molecule has 1 aromatic rings. The molecule has 1 aliphatic heterocycles. The minimum Gasteiger partial charge on any atom is -0.479 e. The molecular formula is C11H9F2NO4. The van der Waals surface area contributed by atoms with Crippen LogP contribution in [0.25, 0.3) is 0 Å². The highest BCUT2D eigenvalue weighted by molar-refractivity contribution is 5.79. The first kappa shape index (κ1) is 12.2. The van der Waals surface area contributed by atoms with Crippen LogP contribution in [0.15, 0.2) is 30.9 Å². The van der Waals surface area contributed by atoms with Gasteiger partial charge >= 0.3 is 12.3 Å². The SMILES string of the molecule is C=CC(Nc1ccc2c(c1)OC(F)(F)O2)C(=O)O. The maximum Gasteiger partial charge on any atom is 0.586 e. The number of nitrogens with one attached hydrogen (secondary N) is 1. The molecule has 0 saturated heterocycles. The number of halogens is 2. The molecule has 0 aromatic heterocycles. The van der Waals surface area contributed by atoms with Gasteiger partial charge in [0.2, 0.25) is 0 Å². The average molecular weight is 257 g/mol. The topological polar surface area (TPSA) is 67.8 Å². The highest BCUT2D eigenvalue weighted by atomic mass is 19.3. The first-order chi connectivity index (χ1) is 8.41. The van der Waals surface area contributed by atoms with Gasteiger partial charge < -0.3 is 19.9 Å². The van der Waals surface area contributed by atoms with Gasteiger partial charge in [-0.05, 0) is 12.1 Å². The monoisotopic (exact) mass is 257 g/mol. The fourth-order valence-corrected chi connectivity index (χ4v) is 1.44. The molecule has 0 bridgehead atoms. The first-order valence-corrected chi connectivity index (χ1v) is 4.93. The summed E-state index contributed by atoms with van der Waals surface area (Å²) in [7, 11) is 0. The van der Waals surface area contributed by atoms with E-state index in [0.29, 0.717) is 5.69 Å². The van der Waals surface area contributed by atoms with Crippen molar-refractivity contribution in [2.24, 2.45) is 0 Å². The van der Waals surface area contributed by atoms with Crippen molar-refractivity contribution in [1.82, 2.24) is 0 Å². The standard InChI is InChI=1S/C11H9F2NO4/c1-2-7(10(15)16)14-6-3-4-8-9(5-6)18-11(12,13)17-8/h2-5,7,14H,1H2,(H,15,16). The molecule has 1 aliphatic rings. The third kappa shape index (κ3) is 2.34. The molecule has 0 fully saturated rings. The molecule has 0 saturated carbocycles. The summed E-state index contributed by atoms with van der Waals surface area (Å²) in [5, 5.41) is 11.4. The summed E-state index contributed by atoms with van der Waals surface area (Å²) in [5.41, 5.74) is 0.308. The zero-order valence-electron chi connectivity index (χ0n) is 9.02. The van der Waals surface area contributed by atoms with Crippen LogP contribution in [0.4, 0.5) is 14.5 Å². The zero-order chi connectivity index (χ0) is 13.3. The van der Waals surface area contributed by atoms with Crippen molar-refractivity contribution >= 4 is 11.7 Å². The molecule has 2 N–H and O–H groups in total. The Labute approximate surface area is 101 Å². The third-order valence-corrected chi connectivity index (χ3v) is 2.23. The number of aliphatic carboxylic acids is 1. The Morgan fingerprint density at radius 2 is 2.11 bits per heavy atom. The zero-order valence-corrected chi connectivity index (χ0v) is 9.02. The molecule has 0 amide bonds. The Bertz CT molecular complexity index is 504. The Kier molecular flexibility index (Phi) is 2.82. The molecule has 0 spiro atoms. The first-order valence-electron chi connectivity index (χ1n) is 4.93. The fraction of sp³-hybridized carbons (Fsp3) is 0.182. The maximum atomic E-state index is 12.8. The molecule has 0 aliphatic carbocycles. The van der Waals surface area contributed by atoms with Gasteiger partial charge in [0.1, 0.15) is 6.04 Å². The van der Waals surface area contributed by atoms with Gasteiger partial charge in [-0.1, -0.05) is 6.08 Å². The number of carbonyl (C=O) groups is 1. The number of anilines is 1. The molecule has 96 valence electrons. The highest BCUT2D eigenvalue weighted by Gasteiger charge is 2.43. The Morgan fingerprint density at radius 3 is 2.72 bits per heavy atom. The number of hydrogen-bond donors (Lipinski definition) is 2. The van der Waals surface area contributed by atoms with Crippen LogP contribution < -0.4 is 14.8 Å². The predicted molar refractivity (Wildman–Crippen MR) is 57.9 cm³/mol. The molecule has 0 radical (unpaired) electrons. The van der Waals surface area contributed by atoms with E-state index in [1.807, 2.05) is 0 Å². The number of fused-ring (bicyclic) bond motifs is 1. The van der Waals surface area contributed by atoms with Crippen molar-refractivity contribution in [3.8, 4) is 11.5 Å². The Balaban J connectivity index is 2.19. The van der Waals surface area contributed by atoms with E-state index < -0.39 is 18.3 Å². The van der Waals surface area contributed by atoms with Crippen molar-refractivity contribution in [1.29, 1.82) is 0 Å². The smallest absolute Gasteiger partial charge is 0.479 e. The molecule has 1 heterocycles. The lowest BCUT2D eigenvalue weighted by molar-refractivity contribution is -0.286. The van der Waals surface area contributed by atoms with Gasteiger partial charge in [-0.15, -0.1) is 15.4 Å². The van der Waals surface area contributed by atoms with E-state index in [1.165, 1.54) is 24.3 Å². The highest BCUT2D eigenvalue weighted by Crippen LogP contribution is 2.42. The number of ether oxygens (including phenoxy) is 2. The number of benzene rings is 1. The van der Waals surface area contributed by atoms with Crippen LogP contribution in [0.5, 0.6) is 11.5 Å². The Hall–Kier alpha value is -2.31. The molecule has 1 unspecified atom stereocenters. The molecule has 7 heteroatoms. The van der Waals surface area contributed by atoms with E-state index in [9.17, 15) is 13.6 Å². The quantitative estimate of drug-likeness (QED) is 0.808. The second kappa shape index (κ2) is 4.17. The van der Waals surface area contributed by atoms with Crippen LogP contribution in [-0.4, -0.2) is 23.4 Å². The molecular weight excluding hydrogens is 248 g/mol. The van der Waals surface area contributed by atoms with Gasteiger partial charge in [0.25, 0.3) is 0 Å². The minimum absolute atomic E-state index is 0.101. The lowest BCUT2D eigenvalue weighted by Gasteiger charge is -2.11. The van der Waals surface area contributed by atoms with Crippen molar-refractivity contribution in [2.45, 2.75) is 12.3 Å². The van der Waals surface area contributed by atoms with Crippen molar-refractivity contribution in [3.63, 3.8) is 0 Å². The van der Waals surface area contributed by atoms with E-state index >= 15 is 0 Å². The summed E-state index contributed by atoms with van der Waals surface area (Å²) in [6.07, 6.45) is -2.51. The molecule has 18 heavy (non-hydrogen) atoms. The number of hydrogen-bond acceptors (Lipinski definition) is 4. The number of carboxylic acids is 1. The van der Waals surface area contributed by atoms with E-state index in [-0.39, 0.29) is 11.5 Å². The number of alkyl halides is 2. The molecule has 5 nitrogen and oxygen atoms in total. The summed E-state index contributed by atoms with van der Waals surface area (Å²) < 4.78 is 34.0. The Morgan fingerprint density at radius 1 is 1.44 bits per heavy atom. The second-order valence-electron chi connectivity index (χ2n) is 3.52. The largest absolute Gasteiger partial charge is 0.586 e. The van der Waals surface area contributed by atoms with Gasteiger partial charge in [-0.2, -0.15) is 0 Å². The van der Waals surface area contributed by atoms with Crippen LogP contribution >= 0.6 is 0 Å². The van der Waals surface area contributed by atoms with Crippen molar-refractivity contribution in [3.05, 3.63) is 30.9 Å². The number of rotatable bonds is 4. The fourth-order valence-electron chi connectivity index (χ4n) is 1.44. The van der Waals surface area contributed by atoms with Gasteiger partial charge in [0.15, 0.2) is 11.5 Å². The molecule has 2 rings (SSSR count). The predicted octanol–water partition coefficient (Wildman–Crippen LogP) is 2.06. The van der Waals surface area contributed by atoms with Gasteiger partial charge in [0, 0.05) is 11.8 Å². The molecule has 1 atom stereocenters. The van der Waals surface area contributed by atoms with Crippen LogP contribution in [0.3, 0.4) is 0 Å². The van der Waals surface area contributed by atoms with Gasteiger partial charge in [-0.25, -0.2) is 4.79 Å². The van der Waals surface area contributed by atoms with Crippen LogP contribution in [0.2, 0.25) is 0 Å². The van der Waals surface area contributed by atoms with E-state index in [2.05, 4.69) is 21.4 Å². The van der Waals surface area contributed by atoms with Gasteiger partial charge in [-0.3, -0.25) is 0 Å². The summed E-state index contributed by atoms with van der Waals surface area (Å²) in [4.78, 5) is 10.8. The minimum atomic E-state index is -3.69. The summed E-state index contributed by atoms with van der Waals surface area (Å²) >= 11 is 0. The van der Waals surface area contributed by atoms with Crippen LogP contribution in [-0.2, 0) is 4.79 Å². The molecule has 1 aromatic carbocycles.